The van der Waals surface area contributed by atoms with Crippen LogP contribution in [0.15, 0.2) is 24.3 Å². The second-order valence-electron chi connectivity index (χ2n) is 3.63. The topological polar surface area (TPSA) is 98.4 Å². The van der Waals surface area contributed by atoms with Gasteiger partial charge in [0.1, 0.15) is 0 Å². The summed E-state index contributed by atoms with van der Waals surface area (Å²) in [4.78, 5) is 21.3. The molecule has 2 N–H and O–H groups in total. The zero-order valence-electron chi connectivity index (χ0n) is 8.96. The molecule has 0 aliphatic rings. The number of carboxylic acids is 2. The SMILES string of the molecule is N#Cc1ccc(C(CC(=O)O)CC(=O)O)cc1. The molecule has 5 heteroatoms. The summed E-state index contributed by atoms with van der Waals surface area (Å²) < 4.78 is 0. The molecule has 88 valence electrons. The minimum atomic E-state index is -1.04. The Morgan fingerprint density at radius 1 is 1.12 bits per heavy atom. The number of carbonyl (C=O) groups is 2. The first-order valence-electron chi connectivity index (χ1n) is 4.96. The first kappa shape index (κ1) is 12.7. The molecule has 1 aromatic rings. The van der Waals surface area contributed by atoms with Crippen LogP contribution >= 0.6 is 0 Å². The predicted molar refractivity (Wildman–Crippen MR) is 58.4 cm³/mol. The lowest BCUT2D eigenvalue weighted by molar-refractivity contribution is -0.139. The quantitative estimate of drug-likeness (QED) is 0.804. The third-order valence-electron chi connectivity index (χ3n) is 2.35. The first-order valence-corrected chi connectivity index (χ1v) is 4.96. The predicted octanol–water partition coefficient (Wildman–Crippen LogP) is 1.59. The van der Waals surface area contributed by atoms with E-state index >= 15 is 0 Å². The van der Waals surface area contributed by atoms with Crippen LogP contribution in [0.25, 0.3) is 0 Å². The van der Waals surface area contributed by atoms with Crippen molar-refractivity contribution in [1.29, 1.82) is 5.26 Å². The molecular weight excluding hydrogens is 222 g/mol. The Labute approximate surface area is 97.9 Å². The summed E-state index contributed by atoms with van der Waals surface area (Å²) in [7, 11) is 0. The Balaban J connectivity index is 2.91. The van der Waals surface area contributed by atoms with E-state index < -0.39 is 17.9 Å². The molecule has 1 aromatic carbocycles. The average Bonchev–Trinajstić information content (AvgIpc) is 2.27. The van der Waals surface area contributed by atoms with Gasteiger partial charge in [0.05, 0.1) is 24.5 Å². The third kappa shape index (κ3) is 3.95. The smallest absolute Gasteiger partial charge is 0.303 e. The van der Waals surface area contributed by atoms with E-state index in [1.54, 1.807) is 24.3 Å². The van der Waals surface area contributed by atoms with E-state index in [9.17, 15) is 9.59 Å². The number of benzene rings is 1. The summed E-state index contributed by atoms with van der Waals surface area (Å²) in [5.74, 6) is -2.65. The van der Waals surface area contributed by atoms with E-state index in [1.807, 2.05) is 6.07 Å². The highest BCUT2D eigenvalue weighted by Gasteiger charge is 2.18. The molecule has 0 unspecified atom stereocenters. The summed E-state index contributed by atoms with van der Waals surface area (Å²) in [6.07, 6.45) is -0.476. The monoisotopic (exact) mass is 233 g/mol. The van der Waals surface area contributed by atoms with Crippen molar-refractivity contribution in [3.8, 4) is 6.07 Å². The maximum Gasteiger partial charge on any atom is 0.303 e. The van der Waals surface area contributed by atoms with E-state index in [0.29, 0.717) is 11.1 Å². The average molecular weight is 233 g/mol. The van der Waals surface area contributed by atoms with Crippen LogP contribution in [0.4, 0.5) is 0 Å². The van der Waals surface area contributed by atoms with Crippen molar-refractivity contribution in [1.82, 2.24) is 0 Å². The Morgan fingerprint density at radius 2 is 1.59 bits per heavy atom. The third-order valence-corrected chi connectivity index (χ3v) is 2.35. The van der Waals surface area contributed by atoms with E-state index in [2.05, 4.69) is 0 Å². The molecule has 0 aliphatic heterocycles. The lowest BCUT2D eigenvalue weighted by Gasteiger charge is -2.12. The Morgan fingerprint density at radius 3 is 1.94 bits per heavy atom. The van der Waals surface area contributed by atoms with Gasteiger partial charge in [-0.25, -0.2) is 0 Å². The molecule has 17 heavy (non-hydrogen) atoms. The van der Waals surface area contributed by atoms with Crippen molar-refractivity contribution in [2.24, 2.45) is 0 Å². The molecule has 0 spiro atoms. The van der Waals surface area contributed by atoms with Crippen LogP contribution in [0.3, 0.4) is 0 Å². The van der Waals surface area contributed by atoms with Crippen molar-refractivity contribution in [2.75, 3.05) is 0 Å². The second kappa shape index (κ2) is 5.66. The van der Waals surface area contributed by atoms with E-state index in [1.165, 1.54) is 0 Å². The van der Waals surface area contributed by atoms with Crippen LogP contribution in [0.2, 0.25) is 0 Å². The zero-order chi connectivity index (χ0) is 12.8. The van der Waals surface area contributed by atoms with Crippen LogP contribution < -0.4 is 0 Å². The lowest BCUT2D eigenvalue weighted by Crippen LogP contribution is -2.11. The summed E-state index contributed by atoms with van der Waals surface area (Å²) in [6.45, 7) is 0. The van der Waals surface area contributed by atoms with Gasteiger partial charge in [-0.05, 0) is 17.7 Å². The van der Waals surface area contributed by atoms with Crippen molar-refractivity contribution in [3.05, 3.63) is 35.4 Å². The fourth-order valence-electron chi connectivity index (χ4n) is 1.56. The molecule has 0 saturated heterocycles. The van der Waals surface area contributed by atoms with Gasteiger partial charge in [0.15, 0.2) is 0 Å². The van der Waals surface area contributed by atoms with E-state index in [-0.39, 0.29) is 12.8 Å². The minimum Gasteiger partial charge on any atom is -0.481 e. The van der Waals surface area contributed by atoms with Gasteiger partial charge in [-0.3, -0.25) is 9.59 Å². The molecule has 0 radical (unpaired) electrons. The van der Waals surface area contributed by atoms with Gasteiger partial charge in [0.2, 0.25) is 0 Å². The number of aliphatic carboxylic acids is 2. The molecule has 1 rings (SSSR count). The number of rotatable bonds is 5. The fourth-order valence-corrected chi connectivity index (χ4v) is 1.56. The number of hydrogen-bond acceptors (Lipinski definition) is 3. The van der Waals surface area contributed by atoms with E-state index in [4.69, 9.17) is 15.5 Å². The summed E-state index contributed by atoms with van der Waals surface area (Å²) in [5, 5.41) is 26.0. The first-order chi connectivity index (χ1) is 8.02. The van der Waals surface area contributed by atoms with Gasteiger partial charge in [0.25, 0.3) is 0 Å². The Bertz CT molecular complexity index is 442. The molecule has 0 bridgehead atoms. The van der Waals surface area contributed by atoms with E-state index in [0.717, 1.165) is 0 Å². The molecule has 0 aromatic heterocycles. The molecule has 0 atom stereocenters. The second-order valence-corrected chi connectivity index (χ2v) is 3.63. The number of hydrogen-bond donors (Lipinski definition) is 2. The number of nitrogens with zero attached hydrogens (tertiary/aromatic N) is 1. The Hall–Kier alpha value is -2.35. The highest BCUT2D eigenvalue weighted by Crippen LogP contribution is 2.23. The maximum absolute atomic E-state index is 10.6. The standard InChI is InChI=1S/C12H11NO4/c13-7-8-1-3-9(4-2-8)10(5-11(14)15)6-12(16)17/h1-4,10H,5-6H2,(H,14,15)(H,16,17). The van der Waals surface area contributed by atoms with Crippen LogP contribution in [-0.2, 0) is 9.59 Å². The van der Waals surface area contributed by atoms with Gasteiger partial charge >= 0.3 is 11.9 Å². The molecule has 5 nitrogen and oxygen atoms in total. The fraction of sp³-hybridized carbons (Fsp3) is 0.250. The zero-order valence-corrected chi connectivity index (χ0v) is 8.96. The van der Waals surface area contributed by atoms with Gasteiger partial charge in [0, 0.05) is 5.92 Å². The van der Waals surface area contributed by atoms with Gasteiger partial charge in [-0.15, -0.1) is 0 Å². The normalized spacial score (nSPS) is 9.88. The molecule has 0 aliphatic carbocycles. The largest absolute Gasteiger partial charge is 0.481 e. The van der Waals surface area contributed by atoms with Gasteiger partial charge in [-0.1, -0.05) is 12.1 Å². The highest BCUT2D eigenvalue weighted by atomic mass is 16.4. The molecule has 0 amide bonds. The summed E-state index contributed by atoms with van der Waals surface area (Å²) >= 11 is 0. The molecular formula is C12H11NO4. The summed E-state index contributed by atoms with van der Waals surface area (Å²) in [5.41, 5.74) is 1.08. The van der Waals surface area contributed by atoms with Crippen LogP contribution in [0, 0.1) is 11.3 Å². The maximum atomic E-state index is 10.6. The van der Waals surface area contributed by atoms with Crippen molar-refractivity contribution < 1.29 is 19.8 Å². The molecule has 0 heterocycles. The van der Waals surface area contributed by atoms with Gasteiger partial charge < -0.3 is 10.2 Å². The van der Waals surface area contributed by atoms with Crippen molar-refractivity contribution >= 4 is 11.9 Å². The number of carboxylic acid groups (broad SMARTS) is 2. The van der Waals surface area contributed by atoms with Crippen LogP contribution in [0.1, 0.15) is 29.9 Å². The lowest BCUT2D eigenvalue weighted by atomic mass is 9.92. The molecule has 0 fully saturated rings. The number of nitriles is 1. The van der Waals surface area contributed by atoms with Crippen LogP contribution in [-0.4, -0.2) is 22.2 Å². The van der Waals surface area contributed by atoms with Crippen LogP contribution in [0.5, 0.6) is 0 Å². The minimum absolute atomic E-state index is 0.238. The summed E-state index contributed by atoms with van der Waals surface area (Å²) in [6, 6.07) is 8.22. The van der Waals surface area contributed by atoms with Crippen molar-refractivity contribution in [3.63, 3.8) is 0 Å². The van der Waals surface area contributed by atoms with Crippen molar-refractivity contribution in [2.45, 2.75) is 18.8 Å². The Kier molecular flexibility index (Phi) is 4.23. The van der Waals surface area contributed by atoms with Gasteiger partial charge in [-0.2, -0.15) is 5.26 Å². The highest BCUT2D eigenvalue weighted by molar-refractivity contribution is 5.72. The molecule has 0 saturated carbocycles.